The first-order valence-corrected chi connectivity index (χ1v) is 11.1. The second kappa shape index (κ2) is 10.2. The van der Waals surface area contributed by atoms with Gasteiger partial charge in [0.2, 0.25) is 5.75 Å². The number of nitrogens with zero attached hydrogens (tertiary/aromatic N) is 4. The molecule has 2 aromatic carbocycles. The average Bonchev–Trinajstić information content (AvgIpc) is 2.77. The second-order valence-corrected chi connectivity index (χ2v) is 8.89. The highest BCUT2D eigenvalue weighted by atomic mass is 79.9. The molecule has 0 spiro atoms. The SMILES string of the molecule is COC(=O)COc1c(Br)cc(C=Nn2c(C(C)C)nc3ccc(Br)cc3c2=O)cc1[N+](=O)[O-]. The third kappa shape index (κ3) is 5.45. The molecule has 0 unspecified atom stereocenters. The van der Waals surface area contributed by atoms with Crippen molar-refractivity contribution < 1.29 is 19.2 Å². The van der Waals surface area contributed by atoms with Crippen LogP contribution in [0, 0.1) is 10.1 Å². The largest absolute Gasteiger partial charge is 0.474 e. The van der Waals surface area contributed by atoms with Crippen LogP contribution in [0.1, 0.15) is 31.2 Å². The van der Waals surface area contributed by atoms with Crippen molar-refractivity contribution >= 4 is 60.6 Å². The number of fused-ring (bicyclic) bond motifs is 1. The molecule has 0 aliphatic rings. The summed E-state index contributed by atoms with van der Waals surface area (Å²) in [7, 11) is 1.18. The molecule has 0 fully saturated rings. The van der Waals surface area contributed by atoms with Gasteiger partial charge in [-0.15, -0.1) is 0 Å². The molecule has 3 rings (SSSR count). The standard InChI is InChI=1S/C21H18Br2N4O6/c1-11(2)20-25-16-5-4-13(22)8-14(16)21(29)26(20)24-9-12-6-15(23)19(17(7-12)27(30)31)33-10-18(28)32-3/h4-9,11H,10H2,1-3H3. The van der Waals surface area contributed by atoms with Crippen molar-refractivity contribution in [2.24, 2.45) is 5.10 Å². The molecule has 0 aliphatic carbocycles. The Morgan fingerprint density at radius 2 is 2.03 bits per heavy atom. The number of halogens is 2. The van der Waals surface area contributed by atoms with Crippen LogP contribution in [0.5, 0.6) is 5.75 Å². The fourth-order valence-corrected chi connectivity index (χ4v) is 3.86. The quantitative estimate of drug-likeness (QED) is 0.175. The Kier molecular flexibility index (Phi) is 7.59. The number of aromatic nitrogens is 2. The number of carbonyl (C=O) groups is 1. The van der Waals surface area contributed by atoms with Gasteiger partial charge in [0, 0.05) is 22.0 Å². The molecule has 0 bridgehead atoms. The van der Waals surface area contributed by atoms with Gasteiger partial charge in [-0.05, 0) is 40.2 Å². The summed E-state index contributed by atoms with van der Waals surface area (Å²) < 4.78 is 11.9. The molecule has 0 amide bonds. The van der Waals surface area contributed by atoms with Crippen LogP contribution in [0.4, 0.5) is 5.69 Å². The summed E-state index contributed by atoms with van der Waals surface area (Å²) in [4.78, 5) is 39.9. The van der Waals surface area contributed by atoms with Crippen molar-refractivity contribution in [2.45, 2.75) is 19.8 Å². The molecule has 33 heavy (non-hydrogen) atoms. The van der Waals surface area contributed by atoms with E-state index in [0.29, 0.717) is 22.3 Å². The lowest BCUT2D eigenvalue weighted by Crippen LogP contribution is -2.23. The molecule has 10 nitrogen and oxygen atoms in total. The van der Waals surface area contributed by atoms with Crippen LogP contribution < -0.4 is 10.3 Å². The summed E-state index contributed by atoms with van der Waals surface area (Å²) in [6.07, 6.45) is 1.32. The summed E-state index contributed by atoms with van der Waals surface area (Å²) in [6, 6.07) is 7.96. The maximum atomic E-state index is 13.1. The highest BCUT2D eigenvalue weighted by Crippen LogP contribution is 2.36. The van der Waals surface area contributed by atoms with Gasteiger partial charge < -0.3 is 9.47 Å². The fourth-order valence-electron chi connectivity index (χ4n) is 2.92. The minimum atomic E-state index is -0.683. The predicted molar refractivity (Wildman–Crippen MR) is 129 cm³/mol. The van der Waals surface area contributed by atoms with Crippen molar-refractivity contribution in [3.8, 4) is 5.75 Å². The topological polar surface area (TPSA) is 126 Å². The third-order valence-corrected chi connectivity index (χ3v) is 5.56. The van der Waals surface area contributed by atoms with E-state index in [4.69, 9.17) is 4.74 Å². The molecule has 0 aliphatic heterocycles. The molecule has 0 radical (unpaired) electrons. The minimum Gasteiger partial charge on any atom is -0.474 e. The van der Waals surface area contributed by atoms with E-state index in [2.05, 4.69) is 46.7 Å². The number of benzene rings is 2. The zero-order valence-electron chi connectivity index (χ0n) is 17.7. The summed E-state index contributed by atoms with van der Waals surface area (Å²) in [6.45, 7) is 3.27. The van der Waals surface area contributed by atoms with E-state index >= 15 is 0 Å². The summed E-state index contributed by atoms with van der Waals surface area (Å²) in [5, 5.41) is 16.2. The van der Waals surface area contributed by atoms with Gasteiger partial charge >= 0.3 is 11.7 Å². The lowest BCUT2D eigenvalue weighted by Gasteiger charge is -2.12. The van der Waals surface area contributed by atoms with Gasteiger partial charge in [0.25, 0.3) is 5.56 Å². The number of hydrogen-bond acceptors (Lipinski definition) is 8. The van der Waals surface area contributed by atoms with Gasteiger partial charge in [0.1, 0.15) is 5.82 Å². The lowest BCUT2D eigenvalue weighted by molar-refractivity contribution is -0.385. The Morgan fingerprint density at radius 1 is 1.30 bits per heavy atom. The monoisotopic (exact) mass is 580 g/mol. The van der Waals surface area contributed by atoms with Crippen molar-refractivity contribution in [3.63, 3.8) is 0 Å². The number of ether oxygens (including phenoxy) is 2. The molecule has 0 saturated carbocycles. The first-order valence-electron chi connectivity index (χ1n) is 9.56. The van der Waals surface area contributed by atoms with Crippen LogP contribution in [0.15, 0.2) is 49.2 Å². The van der Waals surface area contributed by atoms with E-state index in [9.17, 15) is 19.7 Å². The van der Waals surface area contributed by atoms with Crippen LogP contribution >= 0.6 is 31.9 Å². The maximum Gasteiger partial charge on any atom is 0.343 e. The number of methoxy groups -OCH3 is 1. The zero-order chi connectivity index (χ0) is 24.3. The van der Waals surface area contributed by atoms with Crippen LogP contribution in [0.2, 0.25) is 0 Å². The lowest BCUT2D eigenvalue weighted by atomic mass is 10.2. The van der Waals surface area contributed by atoms with Crippen molar-refractivity contribution in [1.82, 2.24) is 9.66 Å². The highest BCUT2D eigenvalue weighted by Gasteiger charge is 2.21. The predicted octanol–water partition coefficient (Wildman–Crippen LogP) is 4.39. The van der Waals surface area contributed by atoms with Gasteiger partial charge in [-0.1, -0.05) is 29.8 Å². The molecule has 12 heteroatoms. The number of rotatable bonds is 7. The number of carbonyl (C=O) groups excluding carboxylic acids is 1. The maximum absolute atomic E-state index is 13.1. The van der Waals surface area contributed by atoms with Crippen molar-refractivity contribution in [2.75, 3.05) is 13.7 Å². The Hall–Kier alpha value is -3.12. The molecular formula is C21H18Br2N4O6. The van der Waals surface area contributed by atoms with Gasteiger partial charge in [0.15, 0.2) is 6.61 Å². The Balaban J connectivity index is 2.08. The average molecular weight is 582 g/mol. The molecule has 3 aromatic rings. The normalized spacial score (nSPS) is 11.3. The summed E-state index contributed by atoms with van der Waals surface area (Å²) >= 11 is 6.58. The van der Waals surface area contributed by atoms with Crippen LogP contribution in [-0.2, 0) is 9.53 Å². The second-order valence-electron chi connectivity index (χ2n) is 7.12. The minimum absolute atomic E-state index is 0.113. The number of esters is 1. The Bertz CT molecular complexity index is 1340. The van der Waals surface area contributed by atoms with Gasteiger partial charge in [0.05, 0.1) is 33.6 Å². The molecule has 0 atom stereocenters. The van der Waals surface area contributed by atoms with Crippen LogP contribution in [0.25, 0.3) is 10.9 Å². The highest BCUT2D eigenvalue weighted by molar-refractivity contribution is 9.10. The van der Waals surface area contributed by atoms with Crippen molar-refractivity contribution in [3.05, 3.63) is 71.1 Å². The molecule has 1 heterocycles. The third-order valence-electron chi connectivity index (χ3n) is 4.48. The fraction of sp³-hybridized carbons (Fsp3) is 0.238. The van der Waals surface area contributed by atoms with E-state index in [-0.39, 0.29) is 27.4 Å². The molecular weight excluding hydrogens is 564 g/mol. The van der Waals surface area contributed by atoms with E-state index < -0.39 is 17.5 Å². The van der Waals surface area contributed by atoms with Gasteiger partial charge in [-0.3, -0.25) is 14.9 Å². The molecule has 172 valence electrons. The van der Waals surface area contributed by atoms with E-state index in [1.807, 2.05) is 13.8 Å². The van der Waals surface area contributed by atoms with Crippen LogP contribution in [-0.4, -0.2) is 40.5 Å². The van der Waals surface area contributed by atoms with Crippen molar-refractivity contribution in [1.29, 1.82) is 0 Å². The smallest absolute Gasteiger partial charge is 0.343 e. The van der Waals surface area contributed by atoms with E-state index in [1.165, 1.54) is 30.1 Å². The zero-order valence-corrected chi connectivity index (χ0v) is 20.9. The Morgan fingerprint density at radius 3 is 2.67 bits per heavy atom. The van der Waals surface area contributed by atoms with E-state index in [1.54, 1.807) is 18.2 Å². The van der Waals surface area contributed by atoms with Gasteiger partial charge in [-0.25, -0.2) is 9.78 Å². The van der Waals surface area contributed by atoms with E-state index in [0.717, 1.165) is 4.47 Å². The molecule has 1 aromatic heterocycles. The van der Waals surface area contributed by atoms with Gasteiger partial charge in [-0.2, -0.15) is 9.78 Å². The number of nitro groups is 1. The number of hydrogen-bond donors (Lipinski definition) is 0. The summed E-state index contributed by atoms with van der Waals surface area (Å²) in [5.74, 6) is -0.478. The molecule has 0 saturated heterocycles. The Labute approximate surface area is 204 Å². The first-order chi connectivity index (χ1) is 15.6. The summed E-state index contributed by atoms with van der Waals surface area (Å²) in [5.41, 5.74) is 0.123. The number of nitro benzene ring substituents is 1. The molecule has 0 N–H and O–H groups in total. The first kappa shape index (κ1) is 24.5. The van der Waals surface area contributed by atoms with Crippen LogP contribution in [0.3, 0.4) is 0 Å².